The van der Waals surface area contributed by atoms with Crippen molar-refractivity contribution >= 4 is 5.91 Å². The minimum absolute atomic E-state index is 0.0375. The number of aromatic nitrogens is 4. The third kappa shape index (κ3) is 3.67. The van der Waals surface area contributed by atoms with Gasteiger partial charge in [-0.1, -0.05) is 30.3 Å². The van der Waals surface area contributed by atoms with Gasteiger partial charge in [-0.3, -0.25) is 4.79 Å². The monoisotopic (exact) mass is 375 g/mol. The molecular weight excluding hydrogens is 350 g/mol. The highest BCUT2D eigenvalue weighted by molar-refractivity contribution is 5.80. The number of hydrogen-bond acceptors (Lipinski definition) is 4. The molecule has 1 fully saturated rings. The molecule has 28 heavy (non-hydrogen) atoms. The van der Waals surface area contributed by atoms with Gasteiger partial charge in [0.25, 0.3) is 5.95 Å². The molecule has 1 aliphatic rings. The molecule has 1 saturated carbocycles. The summed E-state index contributed by atoms with van der Waals surface area (Å²) in [6, 6.07) is 12.5. The van der Waals surface area contributed by atoms with Gasteiger partial charge in [0.1, 0.15) is 0 Å². The van der Waals surface area contributed by atoms with Crippen LogP contribution in [0.25, 0.3) is 5.95 Å². The van der Waals surface area contributed by atoms with E-state index in [1.54, 1.807) is 4.68 Å². The van der Waals surface area contributed by atoms with Crippen LogP contribution in [-0.2, 0) is 11.2 Å². The van der Waals surface area contributed by atoms with Crippen LogP contribution in [0.2, 0.25) is 0 Å². The van der Waals surface area contributed by atoms with Gasteiger partial charge in [-0.2, -0.15) is 5.10 Å². The molecule has 2 heterocycles. The second-order valence-electron chi connectivity index (χ2n) is 7.62. The van der Waals surface area contributed by atoms with Crippen LogP contribution in [0.15, 0.2) is 36.4 Å². The lowest BCUT2D eigenvalue weighted by Crippen LogP contribution is -2.28. The summed E-state index contributed by atoms with van der Waals surface area (Å²) in [7, 11) is 0. The summed E-state index contributed by atoms with van der Waals surface area (Å²) in [6.07, 6.45) is 1.32. The van der Waals surface area contributed by atoms with Crippen LogP contribution in [0.1, 0.15) is 46.2 Å². The van der Waals surface area contributed by atoms with Gasteiger partial charge in [-0.15, -0.1) is 0 Å². The number of aryl methyl sites for hydroxylation is 3. The van der Waals surface area contributed by atoms with Crippen molar-refractivity contribution in [1.82, 2.24) is 25.1 Å². The maximum absolute atomic E-state index is 12.6. The Hall–Kier alpha value is -3.02. The second kappa shape index (κ2) is 7.19. The molecule has 1 aromatic carbocycles. The number of hydrogen-bond donors (Lipinski definition) is 1. The molecule has 4 rings (SSSR count). The van der Waals surface area contributed by atoms with Crippen LogP contribution in [-0.4, -0.2) is 31.7 Å². The number of benzene rings is 1. The molecule has 1 amide bonds. The first-order chi connectivity index (χ1) is 13.4. The number of rotatable bonds is 5. The van der Waals surface area contributed by atoms with E-state index in [0.717, 1.165) is 34.8 Å². The fourth-order valence-corrected chi connectivity index (χ4v) is 3.77. The Morgan fingerprint density at radius 3 is 2.46 bits per heavy atom. The average Bonchev–Trinajstić information content (AvgIpc) is 3.36. The van der Waals surface area contributed by atoms with Crippen LogP contribution >= 0.6 is 0 Å². The van der Waals surface area contributed by atoms with Crippen molar-refractivity contribution in [3.05, 3.63) is 70.3 Å². The Labute approximate surface area is 165 Å². The van der Waals surface area contributed by atoms with Crippen molar-refractivity contribution in [2.24, 2.45) is 0 Å². The van der Waals surface area contributed by atoms with E-state index < -0.39 is 0 Å². The highest BCUT2D eigenvalue weighted by atomic mass is 16.1. The molecule has 2 atom stereocenters. The minimum atomic E-state index is 0.0375. The van der Waals surface area contributed by atoms with Gasteiger partial charge in [0.05, 0.1) is 12.1 Å². The molecule has 0 bridgehead atoms. The van der Waals surface area contributed by atoms with E-state index in [4.69, 9.17) is 0 Å². The van der Waals surface area contributed by atoms with Crippen molar-refractivity contribution in [3.63, 3.8) is 0 Å². The molecule has 0 radical (unpaired) electrons. The normalized spacial score (nSPS) is 18.1. The zero-order valence-corrected chi connectivity index (χ0v) is 16.7. The molecule has 144 valence electrons. The standard InChI is InChI=1S/C22H25N5O/c1-13-10-14(2)24-22(23-13)27-16(4)18(15(3)26-27)12-21(28)25-20-11-19(20)17-8-6-5-7-9-17/h5-10,19-20H,11-12H2,1-4H3,(H,25,28)/t19-,20+/m0/s1. The maximum atomic E-state index is 12.6. The molecular formula is C22H25N5O. The Bertz CT molecular complexity index is 1000. The number of nitrogens with one attached hydrogen (secondary N) is 1. The van der Waals surface area contributed by atoms with E-state index in [1.807, 2.05) is 52.0 Å². The Morgan fingerprint density at radius 2 is 1.79 bits per heavy atom. The van der Waals surface area contributed by atoms with Gasteiger partial charge in [-0.25, -0.2) is 14.6 Å². The predicted octanol–water partition coefficient (Wildman–Crippen LogP) is 3.11. The molecule has 2 aromatic heterocycles. The molecule has 6 nitrogen and oxygen atoms in total. The third-order valence-corrected chi connectivity index (χ3v) is 5.30. The zero-order chi connectivity index (χ0) is 19.8. The van der Waals surface area contributed by atoms with E-state index >= 15 is 0 Å². The van der Waals surface area contributed by atoms with Crippen molar-refractivity contribution in [1.29, 1.82) is 0 Å². The summed E-state index contributed by atoms with van der Waals surface area (Å²) in [6.45, 7) is 7.78. The van der Waals surface area contributed by atoms with Crippen LogP contribution in [0.4, 0.5) is 0 Å². The summed E-state index contributed by atoms with van der Waals surface area (Å²) in [5.74, 6) is 1.02. The molecule has 0 unspecified atom stereocenters. The topological polar surface area (TPSA) is 72.7 Å². The molecule has 6 heteroatoms. The van der Waals surface area contributed by atoms with Crippen molar-refractivity contribution in [3.8, 4) is 5.95 Å². The maximum Gasteiger partial charge on any atom is 0.251 e. The second-order valence-corrected chi connectivity index (χ2v) is 7.62. The van der Waals surface area contributed by atoms with Gasteiger partial charge in [0.2, 0.25) is 5.91 Å². The highest BCUT2D eigenvalue weighted by Crippen LogP contribution is 2.40. The Balaban J connectivity index is 1.47. The molecule has 1 N–H and O–H groups in total. The molecule has 0 aliphatic heterocycles. The van der Waals surface area contributed by atoms with Crippen LogP contribution < -0.4 is 5.32 Å². The van der Waals surface area contributed by atoms with E-state index in [0.29, 0.717) is 18.3 Å². The SMILES string of the molecule is Cc1cc(C)nc(-n2nc(C)c(CC(=O)N[C@@H]3C[C@H]3c3ccccc3)c2C)n1. The van der Waals surface area contributed by atoms with Gasteiger partial charge >= 0.3 is 0 Å². The first-order valence-electron chi connectivity index (χ1n) is 9.64. The predicted molar refractivity (Wildman–Crippen MR) is 108 cm³/mol. The Kier molecular flexibility index (Phi) is 4.71. The first-order valence-corrected chi connectivity index (χ1v) is 9.64. The summed E-state index contributed by atoms with van der Waals surface area (Å²) in [4.78, 5) is 21.6. The molecule has 1 aliphatic carbocycles. The quantitative estimate of drug-likeness (QED) is 0.744. The van der Waals surface area contributed by atoms with Crippen molar-refractivity contribution in [2.45, 2.75) is 52.5 Å². The van der Waals surface area contributed by atoms with E-state index in [1.165, 1.54) is 5.56 Å². The van der Waals surface area contributed by atoms with E-state index in [-0.39, 0.29) is 11.9 Å². The third-order valence-electron chi connectivity index (χ3n) is 5.30. The van der Waals surface area contributed by atoms with Crippen LogP contribution in [0, 0.1) is 27.7 Å². The molecule has 0 saturated heterocycles. The lowest BCUT2D eigenvalue weighted by atomic mass is 10.1. The number of carbonyl (C=O) groups is 1. The lowest BCUT2D eigenvalue weighted by Gasteiger charge is -2.07. The van der Waals surface area contributed by atoms with E-state index in [9.17, 15) is 4.79 Å². The van der Waals surface area contributed by atoms with Crippen molar-refractivity contribution < 1.29 is 4.79 Å². The lowest BCUT2D eigenvalue weighted by molar-refractivity contribution is -0.120. The number of carbonyl (C=O) groups excluding carboxylic acids is 1. The van der Waals surface area contributed by atoms with Gasteiger partial charge < -0.3 is 5.32 Å². The highest BCUT2D eigenvalue weighted by Gasteiger charge is 2.39. The van der Waals surface area contributed by atoms with E-state index in [2.05, 4.69) is 32.5 Å². The largest absolute Gasteiger partial charge is 0.352 e. The smallest absolute Gasteiger partial charge is 0.251 e. The van der Waals surface area contributed by atoms with Crippen LogP contribution in [0.5, 0.6) is 0 Å². The molecule has 3 aromatic rings. The number of amides is 1. The van der Waals surface area contributed by atoms with Crippen molar-refractivity contribution in [2.75, 3.05) is 0 Å². The van der Waals surface area contributed by atoms with Gasteiger partial charge in [-0.05, 0) is 45.7 Å². The van der Waals surface area contributed by atoms with Gasteiger partial charge in [0.15, 0.2) is 0 Å². The first kappa shape index (κ1) is 18.3. The summed E-state index contributed by atoms with van der Waals surface area (Å²) >= 11 is 0. The fraction of sp³-hybridized carbons (Fsp3) is 0.364. The zero-order valence-electron chi connectivity index (χ0n) is 16.7. The minimum Gasteiger partial charge on any atom is -0.352 e. The average molecular weight is 375 g/mol. The summed E-state index contributed by atoms with van der Waals surface area (Å²) in [5, 5.41) is 7.75. The summed E-state index contributed by atoms with van der Waals surface area (Å²) in [5.41, 5.74) is 5.78. The number of nitrogens with zero attached hydrogens (tertiary/aromatic N) is 4. The Morgan fingerprint density at radius 1 is 1.11 bits per heavy atom. The van der Waals surface area contributed by atoms with Gasteiger partial charge in [0, 0.05) is 34.6 Å². The fourth-order valence-electron chi connectivity index (χ4n) is 3.77. The summed E-state index contributed by atoms with van der Waals surface area (Å²) < 4.78 is 1.74. The molecule has 0 spiro atoms. The van der Waals surface area contributed by atoms with Crippen LogP contribution in [0.3, 0.4) is 0 Å².